The van der Waals surface area contributed by atoms with E-state index in [0.717, 1.165) is 70.6 Å². The molecule has 1 atom stereocenters. The molecule has 1 aliphatic carbocycles. The lowest BCUT2D eigenvalue weighted by Gasteiger charge is -2.37. The Balaban J connectivity index is 1.30. The number of likely N-dealkylation sites (tertiary alicyclic amines) is 1. The molecule has 26 heavy (non-hydrogen) atoms. The highest BCUT2D eigenvalue weighted by Gasteiger charge is 2.32. The molecule has 2 heterocycles. The zero-order valence-electron chi connectivity index (χ0n) is 15.6. The molecule has 3 aliphatic rings. The van der Waals surface area contributed by atoms with Crippen LogP contribution < -0.4 is 5.32 Å². The third kappa shape index (κ3) is 3.86. The van der Waals surface area contributed by atoms with E-state index < -0.39 is 0 Å². The van der Waals surface area contributed by atoms with E-state index >= 15 is 0 Å². The first-order chi connectivity index (χ1) is 12.6. The molecule has 0 bridgehead atoms. The molecule has 0 spiro atoms. The molecule has 0 radical (unpaired) electrons. The van der Waals surface area contributed by atoms with Crippen molar-refractivity contribution in [2.24, 2.45) is 0 Å². The molecule has 3 fully saturated rings. The van der Waals surface area contributed by atoms with Gasteiger partial charge in [-0.1, -0.05) is 13.0 Å². The van der Waals surface area contributed by atoms with Crippen LogP contribution in [0.2, 0.25) is 0 Å². The topological polar surface area (TPSA) is 38.8 Å². The third-order valence-electron chi connectivity index (χ3n) is 6.09. The first-order valence-corrected chi connectivity index (χ1v) is 9.96. The Hall–Kier alpha value is -1.66. The van der Waals surface area contributed by atoms with Crippen LogP contribution in [0.25, 0.3) is 0 Å². The van der Waals surface area contributed by atoms with Gasteiger partial charge in [-0.15, -0.1) is 0 Å². The number of carbonyl (C=O) groups is 1. The quantitative estimate of drug-likeness (QED) is 0.897. The van der Waals surface area contributed by atoms with Gasteiger partial charge >= 0.3 is 6.03 Å². The van der Waals surface area contributed by atoms with Crippen LogP contribution in [-0.4, -0.2) is 72.6 Å². The Morgan fingerprint density at radius 2 is 1.92 bits per heavy atom. The molecule has 1 unspecified atom stereocenters. The smallest absolute Gasteiger partial charge is 0.321 e. The molecule has 1 N–H and O–H groups in total. The highest BCUT2D eigenvalue weighted by molar-refractivity contribution is 5.89. The summed E-state index contributed by atoms with van der Waals surface area (Å²) >= 11 is 0. The summed E-state index contributed by atoms with van der Waals surface area (Å²) in [7, 11) is 0. The Kier molecular flexibility index (Phi) is 5.14. The number of amides is 2. The largest absolute Gasteiger partial charge is 0.323 e. The van der Waals surface area contributed by atoms with Crippen molar-refractivity contribution in [2.45, 2.75) is 38.1 Å². The molecule has 2 aliphatic heterocycles. The normalized spacial score (nSPS) is 24.8. The molecule has 2 amide bonds. The lowest BCUT2D eigenvalue weighted by molar-refractivity contribution is 0.103. The summed E-state index contributed by atoms with van der Waals surface area (Å²) in [6.07, 6.45) is 3.17. The Bertz CT molecular complexity index is 655. The lowest BCUT2D eigenvalue weighted by Crippen LogP contribution is -2.51. The summed E-state index contributed by atoms with van der Waals surface area (Å²) in [5.41, 5.74) is 1.34. The number of halogens is 1. The van der Waals surface area contributed by atoms with E-state index in [2.05, 4.69) is 22.0 Å². The van der Waals surface area contributed by atoms with Crippen LogP contribution in [0.1, 0.15) is 37.7 Å². The zero-order chi connectivity index (χ0) is 18.1. The van der Waals surface area contributed by atoms with Gasteiger partial charge in [-0.2, -0.15) is 0 Å². The number of anilines is 1. The fourth-order valence-corrected chi connectivity index (χ4v) is 4.20. The van der Waals surface area contributed by atoms with Crippen molar-refractivity contribution in [3.63, 3.8) is 0 Å². The van der Waals surface area contributed by atoms with Crippen molar-refractivity contribution in [3.8, 4) is 0 Å². The van der Waals surface area contributed by atoms with Gasteiger partial charge in [0, 0.05) is 51.0 Å². The van der Waals surface area contributed by atoms with Gasteiger partial charge in [0.1, 0.15) is 5.82 Å². The first kappa shape index (κ1) is 17.7. The van der Waals surface area contributed by atoms with Crippen molar-refractivity contribution in [2.75, 3.05) is 51.1 Å². The summed E-state index contributed by atoms with van der Waals surface area (Å²) in [4.78, 5) is 19.4. The van der Waals surface area contributed by atoms with Crippen LogP contribution in [0.3, 0.4) is 0 Å². The molecular formula is C20H29FN4O. The predicted octanol–water partition coefficient (Wildman–Crippen LogP) is 2.95. The average Bonchev–Trinajstić information content (AvgIpc) is 3.37. The second-order valence-electron chi connectivity index (χ2n) is 7.80. The molecule has 5 nitrogen and oxygen atoms in total. The van der Waals surface area contributed by atoms with Crippen molar-refractivity contribution >= 4 is 11.7 Å². The number of hydrogen-bond acceptors (Lipinski definition) is 3. The van der Waals surface area contributed by atoms with Gasteiger partial charge < -0.3 is 15.1 Å². The molecule has 0 aromatic heterocycles. The van der Waals surface area contributed by atoms with Crippen LogP contribution >= 0.6 is 0 Å². The number of carbonyl (C=O) groups excluding carboxylic acids is 1. The second kappa shape index (κ2) is 7.53. The van der Waals surface area contributed by atoms with E-state index in [9.17, 15) is 9.18 Å². The van der Waals surface area contributed by atoms with Crippen molar-refractivity contribution < 1.29 is 9.18 Å². The monoisotopic (exact) mass is 360 g/mol. The van der Waals surface area contributed by atoms with E-state index in [1.807, 2.05) is 17.0 Å². The third-order valence-corrected chi connectivity index (χ3v) is 6.09. The van der Waals surface area contributed by atoms with E-state index in [1.165, 1.54) is 6.07 Å². The summed E-state index contributed by atoms with van der Waals surface area (Å²) in [5.74, 6) is 0.186. The number of piperazine rings is 1. The van der Waals surface area contributed by atoms with Crippen molar-refractivity contribution in [3.05, 3.63) is 29.6 Å². The lowest BCUT2D eigenvalue weighted by atomic mass is 10.1. The number of urea groups is 1. The molecule has 2 saturated heterocycles. The van der Waals surface area contributed by atoms with E-state index in [4.69, 9.17) is 0 Å². The summed E-state index contributed by atoms with van der Waals surface area (Å²) < 4.78 is 14.2. The predicted molar refractivity (Wildman–Crippen MR) is 101 cm³/mol. The second-order valence-corrected chi connectivity index (χ2v) is 7.80. The zero-order valence-corrected chi connectivity index (χ0v) is 15.6. The van der Waals surface area contributed by atoms with Crippen molar-refractivity contribution in [1.29, 1.82) is 0 Å². The highest BCUT2D eigenvalue weighted by atomic mass is 19.1. The van der Waals surface area contributed by atoms with Crippen LogP contribution in [0.15, 0.2) is 18.2 Å². The molecule has 1 aromatic carbocycles. The highest BCUT2D eigenvalue weighted by Crippen LogP contribution is 2.41. The minimum atomic E-state index is -0.196. The maximum Gasteiger partial charge on any atom is 0.321 e. The fraction of sp³-hybridized carbons (Fsp3) is 0.650. The molecule has 1 aromatic rings. The molecule has 4 rings (SSSR count). The van der Waals surface area contributed by atoms with Gasteiger partial charge in [0.25, 0.3) is 0 Å². The maximum absolute atomic E-state index is 14.2. The number of nitrogens with one attached hydrogen (secondary N) is 1. The summed E-state index contributed by atoms with van der Waals surface area (Å²) in [5, 5.41) is 2.87. The number of hydrogen-bond donors (Lipinski definition) is 1. The number of rotatable bonds is 4. The van der Waals surface area contributed by atoms with Crippen molar-refractivity contribution in [1.82, 2.24) is 14.7 Å². The minimum absolute atomic E-state index is 0.113. The van der Waals surface area contributed by atoms with Crippen LogP contribution in [0, 0.1) is 5.82 Å². The van der Waals surface area contributed by atoms with Crippen LogP contribution in [0.4, 0.5) is 14.9 Å². The number of benzene rings is 1. The van der Waals surface area contributed by atoms with Gasteiger partial charge in [-0.25, -0.2) is 9.18 Å². The first-order valence-electron chi connectivity index (χ1n) is 9.96. The molecule has 6 heteroatoms. The Labute approximate surface area is 155 Å². The van der Waals surface area contributed by atoms with Gasteiger partial charge in [0.05, 0.1) is 0 Å². The minimum Gasteiger partial charge on any atom is -0.323 e. The Morgan fingerprint density at radius 1 is 1.15 bits per heavy atom. The Morgan fingerprint density at radius 3 is 2.58 bits per heavy atom. The summed E-state index contributed by atoms with van der Waals surface area (Å²) in [6, 6.07) is 5.45. The van der Waals surface area contributed by atoms with Gasteiger partial charge in [-0.05, 0) is 49.4 Å². The van der Waals surface area contributed by atoms with Crippen LogP contribution in [-0.2, 0) is 0 Å². The van der Waals surface area contributed by atoms with Crippen LogP contribution in [0.5, 0.6) is 0 Å². The van der Waals surface area contributed by atoms with E-state index in [1.54, 1.807) is 0 Å². The maximum atomic E-state index is 14.2. The molecule has 142 valence electrons. The summed E-state index contributed by atoms with van der Waals surface area (Å²) in [6.45, 7) is 9.26. The average molecular weight is 360 g/mol. The standard InChI is InChI=1S/C20H29FN4O/c1-2-23-9-11-24(12-10-23)17-7-8-25(14-17)20(26)22-16-5-6-18(15-3-4-15)19(21)13-16/h5-6,13,15,17H,2-4,7-12,14H2,1H3,(H,22,26). The number of likely N-dealkylation sites (N-methyl/N-ethyl adjacent to an activating group) is 1. The molecule has 1 saturated carbocycles. The number of nitrogens with zero attached hydrogens (tertiary/aromatic N) is 3. The van der Waals surface area contributed by atoms with Gasteiger partial charge in [-0.3, -0.25) is 4.90 Å². The van der Waals surface area contributed by atoms with E-state index in [0.29, 0.717) is 17.6 Å². The fourth-order valence-electron chi connectivity index (χ4n) is 4.20. The SMILES string of the molecule is CCN1CCN(C2CCN(C(=O)Nc3ccc(C4CC4)c(F)c3)C2)CC1. The van der Waals surface area contributed by atoms with E-state index in [-0.39, 0.29) is 11.8 Å². The van der Waals surface area contributed by atoms with Gasteiger partial charge in [0.15, 0.2) is 0 Å². The van der Waals surface area contributed by atoms with Gasteiger partial charge in [0.2, 0.25) is 0 Å². The molecular weight excluding hydrogens is 331 g/mol.